The van der Waals surface area contributed by atoms with Crippen LogP contribution in [0.3, 0.4) is 0 Å². The van der Waals surface area contributed by atoms with Crippen LogP contribution in [0.1, 0.15) is 13.3 Å². The summed E-state index contributed by atoms with van der Waals surface area (Å²) in [7, 11) is -3.21. The number of hydrogen-bond donors (Lipinski definition) is 1. The van der Waals surface area contributed by atoms with Gasteiger partial charge in [-0.25, -0.2) is 13.4 Å². The summed E-state index contributed by atoms with van der Waals surface area (Å²) in [5.41, 5.74) is 0.668. The predicted octanol–water partition coefficient (Wildman–Crippen LogP) is 2.18. The van der Waals surface area contributed by atoms with Crippen molar-refractivity contribution in [1.82, 2.24) is 9.55 Å². The van der Waals surface area contributed by atoms with Crippen LogP contribution >= 0.6 is 0 Å². The molecule has 2 rings (SSSR count). The van der Waals surface area contributed by atoms with E-state index in [9.17, 15) is 8.42 Å². The number of nitrogens with one attached hydrogen (secondary N) is 1. The first-order valence-electron chi connectivity index (χ1n) is 6.65. The molecule has 0 fully saturated rings. The third-order valence-electron chi connectivity index (χ3n) is 2.94. The minimum Gasteiger partial charge on any atom is -0.382 e. The first kappa shape index (κ1) is 14.6. The molecule has 2 aromatic rings. The fourth-order valence-electron chi connectivity index (χ4n) is 2.00. The number of hydrogen-bond acceptors (Lipinski definition) is 4. The van der Waals surface area contributed by atoms with Gasteiger partial charge in [0.25, 0.3) is 0 Å². The molecule has 0 radical (unpaired) electrons. The highest BCUT2D eigenvalue weighted by Gasteiger charge is 2.16. The molecule has 6 heteroatoms. The van der Waals surface area contributed by atoms with Crippen LogP contribution in [0.5, 0.6) is 0 Å². The van der Waals surface area contributed by atoms with Crippen molar-refractivity contribution in [2.45, 2.75) is 24.8 Å². The maximum atomic E-state index is 12.2. The van der Waals surface area contributed by atoms with E-state index < -0.39 is 9.84 Å². The lowest BCUT2D eigenvalue weighted by Crippen LogP contribution is -2.13. The second-order valence-corrected chi connectivity index (χ2v) is 6.62. The monoisotopic (exact) mass is 293 g/mol. The molecule has 0 atom stereocenters. The van der Waals surface area contributed by atoms with Crippen LogP contribution in [0.25, 0.3) is 0 Å². The highest BCUT2D eigenvalue weighted by atomic mass is 32.2. The minimum atomic E-state index is -3.21. The number of imidazole rings is 1. The van der Waals surface area contributed by atoms with Crippen LogP contribution in [0.15, 0.2) is 47.9 Å². The molecule has 0 amide bonds. The molecular formula is C14H19N3O2S. The van der Waals surface area contributed by atoms with E-state index in [4.69, 9.17) is 0 Å². The van der Waals surface area contributed by atoms with E-state index in [1.807, 2.05) is 23.8 Å². The highest BCUT2D eigenvalue weighted by molar-refractivity contribution is 7.91. The van der Waals surface area contributed by atoms with Gasteiger partial charge in [0.2, 0.25) is 0 Å². The van der Waals surface area contributed by atoms with Crippen LogP contribution in [0.2, 0.25) is 0 Å². The topological polar surface area (TPSA) is 64.0 Å². The van der Waals surface area contributed by atoms with E-state index in [-0.39, 0.29) is 5.75 Å². The standard InChI is InChI=1S/C14H19N3O2S/c1-2-11-20(18,19)14-6-4-3-5-13(14)16-8-10-17-9-7-15-12-17/h3-7,9,12,16H,2,8,10-11H2,1H3. The molecule has 20 heavy (non-hydrogen) atoms. The van der Waals surface area contributed by atoms with Gasteiger partial charge in [-0.1, -0.05) is 19.1 Å². The van der Waals surface area contributed by atoms with E-state index in [0.717, 1.165) is 6.54 Å². The van der Waals surface area contributed by atoms with Crippen molar-refractivity contribution in [2.24, 2.45) is 0 Å². The van der Waals surface area contributed by atoms with Crippen LogP contribution in [-0.4, -0.2) is 30.3 Å². The summed E-state index contributed by atoms with van der Waals surface area (Å²) in [6.45, 7) is 3.25. The second-order valence-electron chi connectivity index (χ2n) is 4.54. The molecule has 5 nitrogen and oxygen atoms in total. The summed E-state index contributed by atoms with van der Waals surface area (Å²) in [4.78, 5) is 4.35. The largest absolute Gasteiger partial charge is 0.382 e. The molecule has 1 aromatic carbocycles. The Morgan fingerprint density at radius 2 is 2.10 bits per heavy atom. The Kier molecular flexibility index (Phi) is 4.79. The Bertz CT molecular complexity index is 636. The van der Waals surface area contributed by atoms with Crippen molar-refractivity contribution in [2.75, 3.05) is 17.6 Å². The summed E-state index contributed by atoms with van der Waals surface area (Å²) in [5, 5.41) is 3.19. The van der Waals surface area contributed by atoms with E-state index in [1.165, 1.54) is 0 Å². The van der Waals surface area contributed by atoms with E-state index in [0.29, 0.717) is 23.5 Å². The molecular weight excluding hydrogens is 274 g/mol. The molecule has 1 N–H and O–H groups in total. The van der Waals surface area contributed by atoms with Gasteiger partial charge in [-0.05, 0) is 18.6 Å². The fraction of sp³-hybridized carbons (Fsp3) is 0.357. The van der Waals surface area contributed by atoms with Crippen LogP contribution in [0.4, 0.5) is 5.69 Å². The summed E-state index contributed by atoms with van der Waals surface area (Å²) in [6, 6.07) is 7.05. The lowest BCUT2D eigenvalue weighted by molar-refractivity contribution is 0.595. The molecule has 0 bridgehead atoms. The molecule has 0 saturated heterocycles. The molecule has 1 heterocycles. The maximum Gasteiger partial charge on any atom is 0.180 e. The molecule has 0 spiro atoms. The smallest absolute Gasteiger partial charge is 0.180 e. The number of para-hydroxylation sites is 1. The van der Waals surface area contributed by atoms with Crippen LogP contribution < -0.4 is 5.32 Å². The highest BCUT2D eigenvalue weighted by Crippen LogP contribution is 2.22. The lowest BCUT2D eigenvalue weighted by Gasteiger charge is -2.12. The first-order valence-corrected chi connectivity index (χ1v) is 8.30. The number of nitrogens with zero attached hydrogens (tertiary/aromatic N) is 2. The molecule has 0 unspecified atom stereocenters. The van der Waals surface area contributed by atoms with Crippen molar-refractivity contribution in [3.05, 3.63) is 43.0 Å². The summed E-state index contributed by atoms with van der Waals surface area (Å²) in [6.07, 6.45) is 5.95. The second kappa shape index (κ2) is 6.56. The SMILES string of the molecule is CCCS(=O)(=O)c1ccccc1NCCn1ccnc1. The van der Waals surface area contributed by atoms with Crippen LogP contribution in [-0.2, 0) is 16.4 Å². The van der Waals surface area contributed by atoms with Gasteiger partial charge < -0.3 is 9.88 Å². The van der Waals surface area contributed by atoms with Gasteiger partial charge in [-0.3, -0.25) is 0 Å². The van der Waals surface area contributed by atoms with Gasteiger partial charge in [-0.2, -0.15) is 0 Å². The van der Waals surface area contributed by atoms with E-state index >= 15 is 0 Å². The third kappa shape index (κ3) is 3.60. The predicted molar refractivity (Wildman–Crippen MR) is 79.5 cm³/mol. The van der Waals surface area contributed by atoms with Crippen molar-refractivity contribution in [3.63, 3.8) is 0 Å². The zero-order valence-corrected chi connectivity index (χ0v) is 12.3. The zero-order chi connectivity index (χ0) is 14.4. The number of rotatable bonds is 7. The van der Waals surface area contributed by atoms with E-state index in [2.05, 4.69) is 10.3 Å². The van der Waals surface area contributed by atoms with Gasteiger partial charge in [0, 0.05) is 25.5 Å². The zero-order valence-electron chi connectivity index (χ0n) is 11.5. The average molecular weight is 293 g/mol. The summed E-state index contributed by atoms with van der Waals surface area (Å²) < 4.78 is 26.3. The van der Waals surface area contributed by atoms with Crippen molar-refractivity contribution in [3.8, 4) is 0 Å². The number of sulfone groups is 1. The van der Waals surface area contributed by atoms with E-state index in [1.54, 1.807) is 30.7 Å². The molecule has 0 aliphatic rings. The van der Waals surface area contributed by atoms with Gasteiger partial charge >= 0.3 is 0 Å². The molecule has 0 aliphatic carbocycles. The minimum absolute atomic E-state index is 0.174. The molecule has 0 saturated carbocycles. The number of aromatic nitrogens is 2. The number of anilines is 1. The van der Waals surface area contributed by atoms with Crippen molar-refractivity contribution >= 4 is 15.5 Å². The maximum absolute atomic E-state index is 12.2. The van der Waals surface area contributed by atoms with Crippen molar-refractivity contribution < 1.29 is 8.42 Å². The fourth-order valence-corrected chi connectivity index (χ4v) is 3.52. The summed E-state index contributed by atoms with van der Waals surface area (Å²) >= 11 is 0. The first-order chi connectivity index (χ1) is 9.63. The van der Waals surface area contributed by atoms with Gasteiger partial charge in [0.05, 0.1) is 22.7 Å². The van der Waals surface area contributed by atoms with Crippen molar-refractivity contribution in [1.29, 1.82) is 0 Å². The third-order valence-corrected chi connectivity index (χ3v) is 4.91. The van der Waals surface area contributed by atoms with Gasteiger partial charge in [-0.15, -0.1) is 0 Å². The Balaban J connectivity index is 2.08. The molecule has 0 aliphatic heterocycles. The molecule has 1 aromatic heterocycles. The normalized spacial score (nSPS) is 11.4. The Morgan fingerprint density at radius 3 is 2.80 bits per heavy atom. The Hall–Kier alpha value is -1.82. The van der Waals surface area contributed by atoms with Gasteiger partial charge in [0.15, 0.2) is 9.84 Å². The average Bonchev–Trinajstić information content (AvgIpc) is 2.92. The number of benzene rings is 1. The Labute approximate surface area is 119 Å². The summed E-state index contributed by atoms with van der Waals surface area (Å²) in [5.74, 6) is 0.174. The lowest BCUT2D eigenvalue weighted by atomic mass is 10.3. The molecule has 108 valence electrons. The Morgan fingerprint density at radius 1 is 1.30 bits per heavy atom. The van der Waals surface area contributed by atoms with Crippen LogP contribution in [0, 0.1) is 0 Å². The van der Waals surface area contributed by atoms with Gasteiger partial charge in [0.1, 0.15) is 0 Å². The quantitative estimate of drug-likeness (QED) is 0.850.